The van der Waals surface area contributed by atoms with Gasteiger partial charge in [0, 0.05) is 44.0 Å². The van der Waals surface area contributed by atoms with Gasteiger partial charge >= 0.3 is 0 Å². The molecule has 4 rings (SSSR count). The van der Waals surface area contributed by atoms with Crippen molar-refractivity contribution in [1.29, 1.82) is 0 Å². The highest BCUT2D eigenvalue weighted by atomic mass is 16.2. The van der Waals surface area contributed by atoms with E-state index in [1.54, 1.807) is 6.08 Å². The maximum Gasteiger partial charge on any atom is 0.274 e. The van der Waals surface area contributed by atoms with Crippen molar-refractivity contribution in [3.63, 3.8) is 0 Å². The van der Waals surface area contributed by atoms with Crippen LogP contribution in [-0.2, 0) is 4.79 Å². The predicted molar refractivity (Wildman–Crippen MR) is 115 cm³/mol. The molecule has 0 saturated carbocycles. The SMILES string of the molecule is Cc1ccc(-c2ccc(N3CCNCC3)cc2)cc1NC(=O)C1=CCC(N)=N1. The highest BCUT2D eigenvalue weighted by Gasteiger charge is 2.15. The average Bonchev–Trinajstić information content (AvgIpc) is 3.17. The molecule has 2 heterocycles. The molecule has 1 saturated heterocycles. The van der Waals surface area contributed by atoms with Crippen molar-refractivity contribution in [2.45, 2.75) is 13.3 Å². The molecule has 0 unspecified atom stereocenters. The number of nitrogens with zero attached hydrogens (tertiary/aromatic N) is 2. The molecule has 144 valence electrons. The first-order chi connectivity index (χ1) is 13.6. The van der Waals surface area contributed by atoms with Gasteiger partial charge in [-0.25, -0.2) is 4.99 Å². The minimum Gasteiger partial charge on any atom is -0.387 e. The van der Waals surface area contributed by atoms with Crippen LogP contribution in [-0.4, -0.2) is 37.9 Å². The van der Waals surface area contributed by atoms with Gasteiger partial charge in [-0.05, 0) is 47.9 Å². The summed E-state index contributed by atoms with van der Waals surface area (Å²) in [5.41, 5.74) is 11.3. The van der Waals surface area contributed by atoms with E-state index in [1.165, 1.54) is 5.69 Å². The zero-order valence-corrected chi connectivity index (χ0v) is 16.0. The number of benzene rings is 2. The van der Waals surface area contributed by atoms with Crippen molar-refractivity contribution < 1.29 is 4.79 Å². The van der Waals surface area contributed by atoms with Crippen molar-refractivity contribution in [3.05, 3.63) is 59.8 Å². The summed E-state index contributed by atoms with van der Waals surface area (Å²) in [7, 11) is 0. The predicted octanol–water partition coefficient (Wildman–Crippen LogP) is 2.65. The van der Waals surface area contributed by atoms with Crippen LogP contribution in [0.15, 0.2) is 59.2 Å². The van der Waals surface area contributed by atoms with Gasteiger partial charge in [-0.3, -0.25) is 4.79 Å². The van der Waals surface area contributed by atoms with E-state index in [0.29, 0.717) is 18.0 Å². The molecule has 2 aliphatic rings. The van der Waals surface area contributed by atoms with Crippen molar-refractivity contribution in [1.82, 2.24) is 5.32 Å². The summed E-state index contributed by atoms with van der Waals surface area (Å²) in [5, 5.41) is 6.34. The van der Waals surface area contributed by atoms with Gasteiger partial charge in [0.05, 0.1) is 0 Å². The molecular formula is C22H25N5O. The molecule has 1 amide bonds. The molecule has 0 bridgehead atoms. The van der Waals surface area contributed by atoms with E-state index in [0.717, 1.165) is 48.6 Å². The molecule has 0 atom stereocenters. The first-order valence-electron chi connectivity index (χ1n) is 9.61. The molecule has 6 heteroatoms. The van der Waals surface area contributed by atoms with Crippen molar-refractivity contribution in [2.75, 3.05) is 36.4 Å². The number of amides is 1. The van der Waals surface area contributed by atoms with Gasteiger partial charge in [0.25, 0.3) is 5.91 Å². The van der Waals surface area contributed by atoms with E-state index in [9.17, 15) is 4.79 Å². The number of aliphatic imine (C=N–C) groups is 1. The van der Waals surface area contributed by atoms with Crippen LogP contribution in [0.25, 0.3) is 11.1 Å². The highest BCUT2D eigenvalue weighted by molar-refractivity contribution is 6.07. The van der Waals surface area contributed by atoms with Crippen LogP contribution in [0.4, 0.5) is 11.4 Å². The number of piperazine rings is 1. The summed E-state index contributed by atoms with van der Waals surface area (Å²) in [5.74, 6) is 0.245. The summed E-state index contributed by atoms with van der Waals surface area (Å²) in [6.45, 7) is 6.09. The van der Waals surface area contributed by atoms with Crippen LogP contribution in [0.2, 0.25) is 0 Å². The van der Waals surface area contributed by atoms with Crippen LogP contribution in [0.3, 0.4) is 0 Å². The van der Waals surface area contributed by atoms with Crippen LogP contribution in [0.1, 0.15) is 12.0 Å². The fourth-order valence-electron chi connectivity index (χ4n) is 3.50. The second-order valence-electron chi connectivity index (χ2n) is 7.16. The molecule has 28 heavy (non-hydrogen) atoms. The van der Waals surface area contributed by atoms with Gasteiger partial charge in [-0.15, -0.1) is 0 Å². The summed E-state index contributed by atoms with van der Waals surface area (Å²) < 4.78 is 0. The first kappa shape index (κ1) is 18.3. The van der Waals surface area contributed by atoms with Crippen molar-refractivity contribution in [2.24, 2.45) is 10.7 Å². The minimum atomic E-state index is -0.227. The van der Waals surface area contributed by atoms with Gasteiger partial charge in [0.1, 0.15) is 11.5 Å². The Hall–Kier alpha value is -3.12. The molecule has 0 radical (unpaired) electrons. The number of rotatable bonds is 4. The third kappa shape index (κ3) is 3.92. The number of hydrogen-bond acceptors (Lipinski definition) is 5. The van der Waals surface area contributed by atoms with E-state index in [-0.39, 0.29) is 5.91 Å². The Bertz CT molecular complexity index is 940. The molecule has 2 aromatic carbocycles. The third-order valence-corrected chi connectivity index (χ3v) is 5.17. The highest BCUT2D eigenvalue weighted by Crippen LogP contribution is 2.28. The Morgan fingerprint density at radius 1 is 1.11 bits per heavy atom. The number of nitrogens with one attached hydrogen (secondary N) is 2. The number of amidine groups is 1. The monoisotopic (exact) mass is 375 g/mol. The third-order valence-electron chi connectivity index (χ3n) is 5.17. The molecule has 1 fully saturated rings. The molecule has 2 aromatic rings. The molecule has 6 nitrogen and oxygen atoms in total. The average molecular weight is 375 g/mol. The first-order valence-corrected chi connectivity index (χ1v) is 9.61. The van der Waals surface area contributed by atoms with Gasteiger partial charge < -0.3 is 21.3 Å². The fourth-order valence-corrected chi connectivity index (χ4v) is 3.50. The van der Waals surface area contributed by atoms with Crippen LogP contribution < -0.4 is 21.3 Å². The topological polar surface area (TPSA) is 82.8 Å². The number of hydrogen-bond donors (Lipinski definition) is 3. The smallest absolute Gasteiger partial charge is 0.274 e. The number of nitrogens with two attached hydrogens (primary N) is 1. The maximum atomic E-state index is 12.4. The van der Waals surface area contributed by atoms with Gasteiger partial charge in [0.15, 0.2) is 0 Å². The Morgan fingerprint density at radius 3 is 2.50 bits per heavy atom. The second-order valence-corrected chi connectivity index (χ2v) is 7.16. The quantitative estimate of drug-likeness (QED) is 0.767. The summed E-state index contributed by atoms with van der Waals surface area (Å²) in [6.07, 6.45) is 2.28. The van der Waals surface area contributed by atoms with Gasteiger partial charge in [-0.1, -0.05) is 24.3 Å². The van der Waals surface area contributed by atoms with Crippen LogP contribution in [0, 0.1) is 6.92 Å². The maximum absolute atomic E-state index is 12.4. The summed E-state index contributed by atoms with van der Waals surface area (Å²) in [4.78, 5) is 18.9. The number of anilines is 2. The van der Waals surface area contributed by atoms with Crippen LogP contribution in [0.5, 0.6) is 0 Å². The Morgan fingerprint density at radius 2 is 1.82 bits per heavy atom. The largest absolute Gasteiger partial charge is 0.387 e. The number of aryl methyl sites for hydroxylation is 1. The molecule has 0 aliphatic carbocycles. The summed E-state index contributed by atoms with van der Waals surface area (Å²) in [6, 6.07) is 14.7. The van der Waals surface area contributed by atoms with Crippen molar-refractivity contribution in [3.8, 4) is 11.1 Å². The molecule has 2 aliphatic heterocycles. The van der Waals surface area contributed by atoms with E-state index < -0.39 is 0 Å². The van der Waals surface area contributed by atoms with E-state index in [2.05, 4.69) is 50.9 Å². The summed E-state index contributed by atoms with van der Waals surface area (Å²) >= 11 is 0. The second kappa shape index (κ2) is 7.86. The van der Waals surface area contributed by atoms with E-state index >= 15 is 0 Å². The van der Waals surface area contributed by atoms with Crippen molar-refractivity contribution >= 4 is 23.1 Å². The van der Waals surface area contributed by atoms with E-state index in [4.69, 9.17) is 5.73 Å². The lowest BCUT2D eigenvalue weighted by Crippen LogP contribution is -2.43. The lowest BCUT2D eigenvalue weighted by atomic mass is 10.0. The molecular weight excluding hydrogens is 350 g/mol. The van der Waals surface area contributed by atoms with Gasteiger partial charge in [0.2, 0.25) is 0 Å². The number of carbonyl (C=O) groups is 1. The molecule has 0 spiro atoms. The zero-order chi connectivity index (χ0) is 19.5. The van der Waals surface area contributed by atoms with E-state index in [1.807, 2.05) is 19.1 Å². The Labute approximate surface area is 165 Å². The Kier molecular flexibility index (Phi) is 5.12. The Balaban J connectivity index is 1.52. The van der Waals surface area contributed by atoms with Gasteiger partial charge in [-0.2, -0.15) is 0 Å². The fraction of sp³-hybridized carbons (Fsp3) is 0.273. The zero-order valence-electron chi connectivity index (χ0n) is 16.0. The minimum absolute atomic E-state index is 0.227. The molecule has 0 aromatic heterocycles. The lowest BCUT2D eigenvalue weighted by molar-refractivity contribution is -0.112. The standard InChI is InChI=1S/C22H25N5O/c1-15-2-3-17(14-20(15)26-22(28)19-8-9-21(23)25-19)16-4-6-18(7-5-16)27-12-10-24-11-13-27/h2-8,14,24H,9-13H2,1H3,(H2,23,25)(H,26,28). The number of carbonyl (C=O) groups excluding carboxylic acids is 1. The molecule has 4 N–H and O–H groups in total. The van der Waals surface area contributed by atoms with Crippen LogP contribution >= 0.6 is 0 Å². The lowest BCUT2D eigenvalue weighted by Gasteiger charge is -2.29. The normalized spacial score (nSPS) is 16.5.